The van der Waals surface area contributed by atoms with Gasteiger partial charge in [-0.3, -0.25) is 9.48 Å². The summed E-state index contributed by atoms with van der Waals surface area (Å²) in [4.78, 5) is 12.8. The van der Waals surface area contributed by atoms with Gasteiger partial charge in [-0.1, -0.05) is 26.2 Å². The molecule has 1 aliphatic rings. The number of hydrogen-bond acceptors (Lipinski definition) is 2. The van der Waals surface area contributed by atoms with Gasteiger partial charge in [0, 0.05) is 12.0 Å². The first-order chi connectivity index (χ1) is 10.0. The number of carbonyl (C=O) groups excluding carboxylic acids is 1. The first kappa shape index (κ1) is 16.7. The number of ketones is 1. The molecule has 21 heavy (non-hydrogen) atoms. The number of rotatable bonds is 6. The zero-order valence-corrected chi connectivity index (χ0v) is 15.0. The van der Waals surface area contributed by atoms with E-state index < -0.39 is 0 Å². The molecule has 118 valence electrons. The van der Waals surface area contributed by atoms with Gasteiger partial charge in [-0.2, -0.15) is 5.10 Å². The first-order valence-electron chi connectivity index (χ1n) is 8.31. The lowest BCUT2D eigenvalue weighted by Crippen LogP contribution is -2.25. The fourth-order valence-corrected chi connectivity index (χ4v) is 3.83. The molecule has 1 aromatic heterocycles. The molecule has 2 rings (SSSR count). The molecule has 1 saturated carbocycles. The number of aromatic nitrogens is 2. The Hall–Kier alpha value is -0.640. The highest BCUT2D eigenvalue weighted by Gasteiger charge is 2.30. The topological polar surface area (TPSA) is 34.9 Å². The third-order valence-electron chi connectivity index (χ3n) is 4.66. The van der Waals surface area contributed by atoms with Gasteiger partial charge in [0.25, 0.3) is 0 Å². The second-order valence-corrected chi connectivity index (χ2v) is 7.46. The molecule has 3 nitrogen and oxygen atoms in total. The van der Waals surface area contributed by atoms with Gasteiger partial charge in [-0.15, -0.1) is 0 Å². The van der Waals surface area contributed by atoms with Gasteiger partial charge >= 0.3 is 0 Å². The van der Waals surface area contributed by atoms with Crippen LogP contribution in [0.15, 0.2) is 10.7 Å². The zero-order chi connectivity index (χ0) is 15.4. The highest BCUT2D eigenvalue weighted by Crippen LogP contribution is 2.35. The van der Waals surface area contributed by atoms with E-state index in [1.165, 1.54) is 32.1 Å². The van der Waals surface area contributed by atoms with Crippen molar-refractivity contribution in [3.05, 3.63) is 16.4 Å². The van der Waals surface area contributed by atoms with E-state index in [2.05, 4.69) is 41.8 Å². The van der Waals surface area contributed by atoms with Gasteiger partial charge in [0.2, 0.25) is 0 Å². The number of unbranched alkanes of at least 4 members (excludes halogenated alkanes) is 1. The molecule has 0 radical (unpaired) electrons. The molecule has 4 heteroatoms. The third-order valence-corrected chi connectivity index (χ3v) is 5.24. The molecule has 0 aliphatic heterocycles. The highest BCUT2D eigenvalue weighted by molar-refractivity contribution is 9.10. The first-order valence-corrected chi connectivity index (χ1v) is 9.11. The Kier molecular flexibility index (Phi) is 6.03. The van der Waals surface area contributed by atoms with E-state index in [9.17, 15) is 4.79 Å². The maximum Gasteiger partial charge on any atom is 0.185 e. The molecule has 0 unspecified atom stereocenters. The van der Waals surface area contributed by atoms with E-state index in [0.29, 0.717) is 0 Å². The normalized spacial score (nSPS) is 22.7. The lowest BCUT2D eigenvalue weighted by atomic mass is 9.77. The predicted octanol–water partition coefficient (Wildman–Crippen LogP) is 5.41. The van der Waals surface area contributed by atoms with Gasteiger partial charge in [0.1, 0.15) is 5.69 Å². The maximum atomic E-state index is 12.8. The van der Waals surface area contributed by atoms with Crippen LogP contribution in [0.3, 0.4) is 0 Å². The molecular formula is C17H27BrN2O. The van der Waals surface area contributed by atoms with Crippen LogP contribution in [0.2, 0.25) is 0 Å². The van der Waals surface area contributed by atoms with Crippen LogP contribution in [0.5, 0.6) is 0 Å². The molecular weight excluding hydrogens is 328 g/mol. The van der Waals surface area contributed by atoms with E-state index in [1.54, 1.807) is 6.20 Å². The van der Waals surface area contributed by atoms with Crippen molar-refractivity contribution in [2.45, 2.75) is 71.8 Å². The Morgan fingerprint density at radius 3 is 2.62 bits per heavy atom. The van der Waals surface area contributed by atoms with Crippen LogP contribution >= 0.6 is 15.9 Å². The minimum absolute atomic E-state index is 0.188. The molecule has 1 aromatic rings. The number of carbonyl (C=O) groups is 1. The molecule has 0 aromatic carbocycles. The van der Waals surface area contributed by atoms with Crippen LogP contribution in [0.25, 0.3) is 0 Å². The Morgan fingerprint density at radius 2 is 2.05 bits per heavy atom. The van der Waals surface area contributed by atoms with Crippen LogP contribution in [0, 0.1) is 11.8 Å². The summed E-state index contributed by atoms with van der Waals surface area (Å²) in [6, 6.07) is 0.219. The van der Waals surface area contributed by atoms with Gasteiger partial charge in [-0.05, 0) is 61.4 Å². The average Bonchev–Trinajstić information content (AvgIpc) is 2.87. The quantitative estimate of drug-likeness (QED) is 0.640. The SMILES string of the molecule is CCCCC1CCC(C(=O)c2c(Br)cnn2C(C)C)CC1. The lowest BCUT2D eigenvalue weighted by Gasteiger charge is -2.28. The molecule has 1 aliphatic carbocycles. The van der Waals surface area contributed by atoms with Crippen LogP contribution in [0.1, 0.15) is 82.2 Å². The predicted molar refractivity (Wildman–Crippen MR) is 89.6 cm³/mol. The van der Waals surface area contributed by atoms with Crippen molar-refractivity contribution in [2.75, 3.05) is 0 Å². The number of nitrogens with zero attached hydrogens (tertiary/aromatic N) is 2. The summed E-state index contributed by atoms with van der Waals surface area (Å²) in [5, 5.41) is 4.34. The second kappa shape index (κ2) is 7.57. The fourth-order valence-electron chi connectivity index (χ4n) is 3.36. The molecule has 0 N–H and O–H groups in total. The Labute approximate surface area is 136 Å². The van der Waals surface area contributed by atoms with Gasteiger partial charge in [0.15, 0.2) is 5.78 Å². The summed E-state index contributed by atoms with van der Waals surface area (Å²) in [5.74, 6) is 1.31. The Morgan fingerprint density at radius 1 is 1.38 bits per heavy atom. The average molecular weight is 355 g/mol. The van der Waals surface area contributed by atoms with E-state index in [0.717, 1.165) is 28.9 Å². The summed E-state index contributed by atoms with van der Waals surface area (Å²) in [6.07, 6.45) is 10.2. The highest BCUT2D eigenvalue weighted by atomic mass is 79.9. The van der Waals surface area contributed by atoms with E-state index in [4.69, 9.17) is 0 Å². The summed E-state index contributed by atoms with van der Waals surface area (Å²) >= 11 is 3.49. The Balaban J connectivity index is 2.01. The molecule has 1 fully saturated rings. The van der Waals surface area contributed by atoms with Crippen molar-refractivity contribution in [1.29, 1.82) is 0 Å². The van der Waals surface area contributed by atoms with Gasteiger partial charge in [0.05, 0.1) is 10.7 Å². The summed E-state index contributed by atoms with van der Waals surface area (Å²) in [7, 11) is 0. The van der Waals surface area contributed by atoms with E-state index in [-0.39, 0.29) is 17.7 Å². The van der Waals surface area contributed by atoms with Crippen molar-refractivity contribution in [1.82, 2.24) is 9.78 Å². The molecule has 0 saturated heterocycles. The van der Waals surface area contributed by atoms with E-state index in [1.807, 2.05) is 4.68 Å². The molecule has 0 atom stereocenters. The zero-order valence-electron chi connectivity index (χ0n) is 13.4. The number of hydrogen-bond donors (Lipinski definition) is 0. The third kappa shape index (κ3) is 3.97. The molecule has 0 bridgehead atoms. The van der Waals surface area contributed by atoms with Crippen LogP contribution < -0.4 is 0 Å². The monoisotopic (exact) mass is 354 g/mol. The largest absolute Gasteiger partial charge is 0.292 e. The summed E-state index contributed by atoms with van der Waals surface area (Å²) in [6.45, 7) is 6.38. The molecule has 1 heterocycles. The smallest absolute Gasteiger partial charge is 0.185 e. The second-order valence-electron chi connectivity index (χ2n) is 6.60. The minimum atomic E-state index is 0.188. The van der Waals surface area contributed by atoms with Crippen molar-refractivity contribution in [2.24, 2.45) is 11.8 Å². The van der Waals surface area contributed by atoms with Crippen LogP contribution in [0.4, 0.5) is 0 Å². The molecule has 0 amide bonds. The summed E-state index contributed by atoms with van der Waals surface area (Å²) < 4.78 is 2.70. The minimum Gasteiger partial charge on any atom is -0.292 e. The number of Topliss-reactive ketones (excluding diaryl/α,β-unsaturated/α-hetero) is 1. The van der Waals surface area contributed by atoms with Crippen molar-refractivity contribution in [3.8, 4) is 0 Å². The van der Waals surface area contributed by atoms with Crippen molar-refractivity contribution in [3.63, 3.8) is 0 Å². The van der Waals surface area contributed by atoms with Crippen molar-refractivity contribution < 1.29 is 4.79 Å². The standard InChI is InChI=1S/C17H27BrN2O/c1-4-5-6-13-7-9-14(10-8-13)17(21)16-15(18)11-19-20(16)12(2)3/h11-14H,4-10H2,1-3H3. The molecule has 0 spiro atoms. The van der Waals surface area contributed by atoms with Crippen LogP contribution in [-0.4, -0.2) is 15.6 Å². The van der Waals surface area contributed by atoms with E-state index >= 15 is 0 Å². The lowest BCUT2D eigenvalue weighted by molar-refractivity contribution is 0.0855. The van der Waals surface area contributed by atoms with Gasteiger partial charge < -0.3 is 0 Å². The van der Waals surface area contributed by atoms with Crippen molar-refractivity contribution >= 4 is 21.7 Å². The van der Waals surface area contributed by atoms with Crippen LogP contribution in [-0.2, 0) is 0 Å². The maximum absolute atomic E-state index is 12.8. The number of halogens is 1. The summed E-state index contributed by atoms with van der Waals surface area (Å²) in [5.41, 5.74) is 0.766. The fraction of sp³-hybridized carbons (Fsp3) is 0.765. The Bertz CT molecular complexity index is 473. The van der Waals surface area contributed by atoms with Gasteiger partial charge in [-0.25, -0.2) is 0 Å².